The van der Waals surface area contributed by atoms with Gasteiger partial charge in [0.1, 0.15) is 5.82 Å². The smallest absolute Gasteiger partial charge is 0.310 e. The Labute approximate surface area is 166 Å². The molecular weight excluding hydrogens is 380 g/mol. The molecule has 0 aliphatic carbocycles. The lowest BCUT2D eigenvalue weighted by Crippen LogP contribution is -2.17. The van der Waals surface area contributed by atoms with Crippen LogP contribution in [0.1, 0.15) is 41.9 Å². The molecule has 7 heteroatoms. The van der Waals surface area contributed by atoms with Crippen LogP contribution in [0.2, 0.25) is 0 Å². The molecule has 1 heterocycles. The van der Waals surface area contributed by atoms with Gasteiger partial charge in [0, 0.05) is 22.7 Å². The van der Waals surface area contributed by atoms with Crippen molar-refractivity contribution in [3.8, 4) is 5.75 Å². The van der Waals surface area contributed by atoms with Crippen LogP contribution in [-0.2, 0) is 16.0 Å². The van der Waals surface area contributed by atoms with Crippen LogP contribution in [-0.4, -0.2) is 27.7 Å². The molecular formula is C22H21F2NO4. The molecule has 0 spiro atoms. The number of aromatic nitrogens is 1. The number of nitrogens with zero attached hydrogens (tertiary/aromatic N) is 1. The van der Waals surface area contributed by atoms with Crippen LogP contribution in [0.15, 0.2) is 36.4 Å². The normalized spacial score (nSPS) is 12.2. The van der Waals surface area contributed by atoms with Crippen molar-refractivity contribution in [3.05, 3.63) is 64.9 Å². The summed E-state index contributed by atoms with van der Waals surface area (Å²) in [5, 5.41) is 10.2. The van der Waals surface area contributed by atoms with Crippen molar-refractivity contribution < 1.29 is 28.2 Å². The monoisotopic (exact) mass is 401 g/mol. The van der Waals surface area contributed by atoms with Crippen LogP contribution in [0, 0.1) is 18.6 Å². The summed E-state index contributed by atoms with van der Waals surface area (Å²) >= 11 is 0. The van der Waals surface area contributed by atoms with Crippen molar-refractivity contribution in [2.45, 2.75) is 39.7 Å². The molecule has 0 aliphatic rings. The number of ether oxygens (including phenoxy) is 1. The predicted octanol–water partition coefficient (Wildman–Crippen LogP) is 4.51. The summed E-state index contributed by atoms with van der Waals surface area (Å²) in [6.45, 7) is 5.28. The highest BCUT2D eigenvalue weighted by molar-refractivity contribution is 6.05. The Balaban J connectivity index is 2.13. The molecule has 3 aromatic rings. The summed E-state index contributed by atoms with van der Waals surface area (Å²) in [4.78, 5) is 25.4. The zero-order valence-electron chi connectivity index (χ0n) is 16.3. The highest BCUT2D eigenvalue weighted by Crippen LogP contribution is 2.32. The average Bonchev–Trinajstić information content (AvgIpc) is 2.93. The second kappa shape index (κ2) is 8.03. The number of benzene rings is 2. The van der Waals surface area contributed by atoms with Crippen LogP contribution >= 0.6 is 0 Å². The second-order valence-corrected chi connectivity index (χ2v) is 6.92. The zero-order valence-corrected chi connectivity index (χ0v) is 16.3. The fourth-order valence-electron chi connectivity index (χ4n) is 3.19. The molecule has 1 atom stereocenters. The molecule has 1 aromatic heterocycles. The number of phenols is 1. The van der Waals surface area contributed by atoms with Gasteiger partial charge in [0.05, 0.1) is 18.0 Å². The van der Waals surface area contributed by atoms with Crippen LogP contribution in [0.5, 0.6) is 5.75 Å². The van der Waals surface area contributed by atoms with Crippen molar-refractivity contribution in [3.63, 3.8) is 0 Å². The minimum absolute atomic E-state index is 0.137. The van der Waals surface area contributed by atoms with Crippen molar-refractivity contribution in [2.75, 3.05) is 0 Å². The number of esters is 1. The topological polar surface area (TPSA) is 68.5 Å². The molecule has 0 aliphatic heterocycles. The molecule has 1 unspecified atom stereocenters. The van der Waals surface area contributed by atoms with E-state index in [-0.39, 0.29) is 23.6 Å². The van der Waals surface area contributed by atoms with Gasteiger partial charge in [0.2, 0.25) is 0 Å². The lowest BCUT2D eigenvalue weighted by atomic mass is 10.1. The minimum Gasteiger partial charge on any atom is -0.505 e. The maximum atomic E-state index is 14.1. The maximum absolute atomic E-state index is 14.1. The van der Waals surface area contributed by atoms with E-state index in [1.54, 1.807) is 13.8 Å². The van der Waals surface area contributed by atoms with Gasteiger partial charge in [0.15, 0.2) is 11.6 Å². The van der Waals surface area contributed by atoms with E-state index >= 15 is 0 Å². The Hall–Kier alpha value is -3.22. The summed E-state index contributed by atoms with van der Waals surface area (Å²) in [6.07, 6.45) is 0.256. The fourth-order valence-corrected chi connectivity index (χ4v) is 3.19. The van der Waals surface area contributed by atoms with Crippen LogP contribution in [0.3, 0.4) is 0 Å². The van der Waals surface area contributed by atoms with E-state index in [4.69, 9.17) is 4.74 Å². The Kier molecular flexibility index (Phi) is 5.68. The largest absolute Gasteiger partial charge is 0.505 e. The first-order valence-corrected chi connectivity index (χ1v) is 9.25. The summed E-state index contributed by atoms with van der Waals surface area (Å²) in [5.41, 5.74) is 1.28. The third kappa shape index (κ3) is 3.99. The van der Waals surface area contributed by atoms with Crippen LogP contribution < -0.4 is 0 Å². The number of carbonyl (C=O) groups excluding carboxylic acids is 2. The number of phenolic OH excluding ortho intramolecular Hbond substituents is 1. The molecule has 2 aromatic carbocycles. The number of hydrogen-bond donors (Lipinski definition) is 1. The first-order chi connectivity index (χ1) is 13.7. The number of carbonyl (C=O) groups is 2. The van der Waals surface area contributed by atoms with E-state index in [1.165, 1.54) is 22.8 Å². The quantitative estimate of drug-likeness (QED) is 0.639. The minimum atomic E-state index is -0.892. The Morgan fingerprint density at radius 2 is 1.83 bits per heavy atom. The summed E-state index contributed by atoms with van der Waals surface area (Å²) in [6, 6.07) is 7.21. The highest BCUT2D eigenvalue weighted by atomic mass is 19.1. The molecule has 0 saturated carbocycles. The lowest BCUT2D eigenvalue weighted by molar-refractivity contribution is -0.147. The van der Waals surface area contributed by atoms with E-state index in [2.05, 4.69) is 0 Å². The molecule has 5 nitrogen and oxygen atoms in total. The number of hydrogen-bond acceptors (Lipinski definition) is 4. The average molecular weight is 401 g/mol. The van der Waals surface area contributed by atoms with Crippen molar-refractivity contribution >= 4 is 22.8 Å². The molecule has 0 saturated heterocycles. The van der Waals surface area contributed by atoms with E-state index in [1.807, 2.05) is 6.92 Å². The Morgan fingerprint density at radius 1 is 1.17 bits per heavy atom. The third-order valence-corrected chi connectivity index (χ3v) is 4.93. The Bertz CT molecular complexity index is 1090. The van der Waals surface area contributed by atoms with Crippen LogP contribution in [0.4, 0.5) is 8.78 Å². The van der Waals surface area contributed by atoms with Gasteiger partial charge in [-0.05, 0) is 56.2 Å². The molecule has 152 valence electrons. The van der Waals surface area contributed by atoms with Gasteiger partial charge in [-0.3, -0.25) is 14.2 Å². The molecule has 3 rings (SSSR count). The predicted molar refractivity (Wildman–Crippen MR) is 104 cm³/mol. The van der Waals surface area contributed by atoms with Crippen molar-refractivity contribution in [1.29, 1.82) is 0 Å². The maximum Gasteiger partial charge on any atom is 0.310 e. The van der Waals surface area contributed by atoms with Gasteiger partial charge in [-0.1, -0.05) is 6.92 Å². The first kappa shape index (κ1) is 20.5. The summed E-state index contributed by atoms with van der Waals surface area (Å²) in [5.74, 6) is -2.95. The van der Waals surface area contributed by atoms with Gasteiger partial charge < -0.3 is 9.84 Å². The van der Waals surface area contributed by atoms with Gasteiger partial charge in [-0.15, -0.1) is 0 Å². The second-order valence-electron chi connectivity index (χ2n) is 6.92. The molecule has 0 amide bonds. The Morgan fingerprint density at radius 3 is 2.45 bits per heavy atom. The SMILES string of the molecule is CCC(C)OC(=O)Cc1c(C)n(C(=O)c2ccc(F)cc2)c2cc(F)c(O)cc12. The first-order valence-electron chi connectivity index (χ1n) is 9.25. The van der Waals surface area contributed by atoms with Gasteiger partial charge >= 0.3 is 5.97 Å². The lowest BCUT2D eigenvalue weighted by Gasteiger charge is -2.11. The molecule has 1 N–H and O–H groups in total. The van der Waals surface area contributed by atoms with E-state index in [0.29, 0.717) is 23.1 Å². The number of halogens is 2. The number of fused-ring (bicyclic) bond motifs is 1. The highest BCUT2D eigenvalue weighted by Gasteiger charge is 2.24. The molecule has 0 radical (unpaired) electrons. The summed E-state index contributed by atoms with van der Waals surface area (Å²) in [7, 11) is 0. The number of rotatable bonds is 5. The summed E-state index contributed by atoms with van der Waals surface area (Å²) < 4.78 is 33.8. The standard InChI is InChI=1S/C22H21F2NO4/c1-4-12(2)29-21(27)10-16-13(3)25(19-11-18(24)20(26)9-17(16)19)22(28)14-5-7-15(23)8-6-14/h5-9,11-12,26H,4,10H2,1-3H3. The van der Waals surface area contributed by atoms with Gasteiger partial charge in [-0.25, -0.2) is 8.78 Å². The fraction of sp³-hybridized carbons (Fsp3) is 0.273. The van der Waals surface area contributed by atoms with Crippen molar-refractivity contribution in [2.24, 2.45) is 0 Å². The van der Waals surface area contributed by atoms with E-state index in [9.17, 15) is 23.5 Å². The molecule has 29 heavy (non-hydrogen) atoms. The van der Waals surface area contributed by atoms with Crippen LogP contribution in [0.25, 0.3) is 10.9 Å². The van der Waals surface area contributed by atoms with E-state index < -0.39 is 29.3 Å². The molecule has 0 bridgehead atoms. The third-order valence-electron chi connectivity index (χ3n) is 4.93. The number of aromatic hydroxyl groups is 1. The zero-order chi connectivity index (χ0) is 21.3. The van der Waals surface area contributed by atoms with Gasteiger partial charge in [0.25, 0.3) is 5.91 Å². The van der Waals surface area contributed by atoms with E-state index in [0.717, 1.165) is 18.2 Å². The molecule has 0 fully saturated rings. The van der Waals surface area contributed by atoms with Gasteiger partial charge in [-0.2, -0.15) is 0 Å². The van der Waals surface area contributed by atoms with Crippen molar-refractivity contribution in [1.82, 2.24) is 4.57 Å².